The van der Waals surface area contributed by atoms with E-state index in [1.54, 1.807) is 0 Å². The number of carbonyl (C=O) groups is 6. The fourth-order valence-electron chi connectivity index (χ4n) is 3.54. The van der Waals surface area contributed by atoms with Crippen molar-refractivity contribution in [1.82, 2.24) is 0 Å². The van der Waals surface area contributed by atoms with Crippen LogP contribution in [0.15, 0.2) is 24.3 Å². The van der Waals surface area contributed by atoms with Gasteiger partial charge in [0, 0.05) is 5.56 Å². The van der Waals surface area contributed by atoms with Crippen LogP contribution < -0.4 is 0 Å². The molecule has 190 valence electrons. The molecule has 2 aromatic rings. The van der Waals surface area contributed by atoms with Crippen molar-refractivity contribution in [3.63, 3.8) is 0 Å². The Morgan fingerprint density at radius 3 is 1.11 bits per heavy atom. The van der Waals surface area contributed by atoms with Gasteiger partial charge in [-0.1, -0.05) is 18.2 Å². The molecule has 0 aliphatic heterocycles. The molecule has 0 N–H and O–H groups in total. The van der Waals surface area contributed by atoms with E-state index in [-0.39, 0.29) is 11.1 Å². The van der Waals surface area contributed by atoms with E-state index in [0.29, 0.717) is 0 Å². The standard InChI is InChI=1S/C24H22O12/c1-31-19(25)12-10-8-7-9-11(12)13-14(20(26)32-2)16(22(28)34-4)18(24(30)36-6)17(23(29)35-5)15(13)21(27)33-3/h7-10H,1-6H3. The van der Waals surface area contributed by atoms with Crippen LogP contribution in [0, 0.1) is 0 Å². The first kappa shape index (κ1) is 27.5. The highest BCUT2D eigenvalue weighted by atomic mass is 16.5. The number of hydrogen-bond acceptors (Lipinski definition) is 12. The molecule has 0 unspecified atom stereocenters. The lowest BCUT2D eigenvalue weighted by Crippen LogP contribution is -2.27. The van der Waals surface area contributed by atoms with Crippen LogP contribution in [-0.4, -0.2) is 78.5 Å². The summed E-state index contributed by atoms with van der Waals surface area (Å²) in [7, 11) is 5.91. The summed E-state index contributed by atoms with van der Waals surface area (Å²) < 4.78 is 28.8. The van der Waals surface area contributed by atoms with Crippen molar-refractivity contribution in [2.75, 3.05) is 42.7 Å². The summed E-state index contributed by atoms with van der Waals surface area (Å²) in [5, 5.41) is 0. The first-order chi connectivity index (χ1) is 17.1. The molecule has 0 bridgehead atoms. The van der Waals surface area contributed by atoms with Gasteiger partial charge in [0.2, 0.25) is 0 Å². The van der Waals surface area contributed by atoms with Crippen LogP contribution in [0.1, 0.15) is 62.1 Å². The van der Waals surface area contributed by atoms with Gasteiger partial charge in [-0.15, -0.1) is 0 Å². The first-order valence-electron chi connectivity index (χ1n) is 9.98. The molecule has 12 nitrogen and oxygen atoms in total. The minimum absolute atomic E-state index is 0.128. The van der Waals surface area contributed by atoms with Crippen molar-refractivity contribution in [2.45, 2.75) is 0 Å². The lowest BCUT2D eigenvalue weighted by molar-refractivity contribution is 0.0511. The Labute approximate surface area is 205 Å². The molecule has 0 heterocycles. The normalized spacial score (nSPS) is 10.1. The second kappa shape index (κ2) is 11.6. The summed E-state index contributed by atoms with van der Waals surface area (Å²) in [5.74, 6) is -7.09. The van der Waals surface area contributed by atoms with E-state index in [2.05, 4.69) is 0 Å². The molecule has 0 atom stereocenters. The topological polar surface area (TPSA) is 158 Å². The Kier molecular flexibility index (Phi) is 8.86. The number of hydrogen-bond donors (Lipinski definition) is 0. The van der Waals surface area contributed by atoms with E-state index in [4.69, 9.17) is 28.4 Å². The van der Waals surface area contributed by atoms with Gasteiger partial charge in [0.15, 0.2) is 0 Å². The molecule has 0 saturated carbocycles. The molecule has 0 aliphatic carbocycles. The maximum absolute atomic E-state index is 13.1. The van der Waals surface area contributed by atoms with E-state index < -0.39 is 69.2 Å². The van der Waals surface area contributed by atoms with E-state index in [1.807, 2.05) is 0 Å². The summed E-state index contributed by atoms with van der Waals surface area (Å²) >= 11 is 0. The van der Waals surface area contributed by atoms with Crippen LogP contribution in [0.5, 0.6) is 0 Å². The largest absolute Gasteiger partial charge is 0.465 e. The summed E-state index contributed by atoms with van der Waals surface area (Å²) in [6.45, 7) is 0. The van der Waals surface area contributed by atoms with Gasteiger partial charge < -0.3 is 28.4 Å². The van der Waals surface area contributed by atoms with Crippen LogP contribution in [0.4, 0.5) is 0 Å². The molecule has 36 heavy (non-hydrogen) atoms. The monoisotopic (exact) mass is 502 g/mol. The van der Waals surface area contributed by atoms with Crippen LogP contribution in [0.25, 0.3) is 11.1 Å². The number of ether oxygens (including phenoxy) is 6. The van der Waals surface area contributed by atoms with Crippen LogP contribution in [-0.2, 0) is 28.4 Å². The van der Waals surface area contributed by atoms with E-state index >= 15 is 0 Å². The highest BCUT2D eigenvalue weighted by Gasteiger charge is 2.41. The van der Waals surface area contributed by atoms with Crippen LogP contribution in [0.3, 0.4) is 0 Å². The average Bonchev–Trinajstić information content (AvgIpc) is 2.92. The van der Waals surface area contributed by atoms with Crippen molar-refractivity contribution in [3.05, 3.63) is 57.6 Å². The van der Waals surface area contributed by atoms with Crippen molar-refractivity contribution in [1.29, 1.82) is 0 Å². The maximum atomic E-state index is 13.1. The average molecular weight is 502 g/mol. The molecule has 0 aliphatic rings. The molecule has 0 fully saturated rings. The Hall–Kier alpha value is -4.74. The lowest BCUT2D eigenvalue weighted by atomic mass is 9.81. The second-order valence-electron chi connectivity index (χ2n) is 6.75. The molecule has 0 amide bonds. The van der Waals surface area contributed by atoms with E-state index in [1.165, 1.54) is 24.3 Å². The number of methoxy groups -OCH3 is 6. The van der Waals surface area contributed by atoms with Crippen LogP contribution in [0.2, 0.25) is 0 Å². The lowest BCUT2D eigenvalue weighted by Gasteiger charge is -2.22. The third-order valence-corrected chi connectivity index (χ3v) is 5.05. The zero-order chi connectivity index (χ0) is 27.2. The van der Waals surface area contributed by atoms with Gasteiger partial charge in [-0.05, 0) is 11.6 Å². The van der Waals surface area contributed by atoms with Gasteiger partial charge in [-0.25, -0.2) is 28.8 Å². The molecule has 12 heteroatoms. The minimum atomic E-state index is -1.28. The molecular formula is C24H22O12. The number of benzene rings is 2. The minimum Gasteiger partial charge on any atom is -0.465 e. The Bertz CT molecular complexity index is 1200. The summed E-state index contributed by atoms with van der Waals surface area (Å²) in [6, 6.07) is 5.55. The Morgan fingerprint density at radius 2 is 0.750 bits per heavy atom. The fourth-order valence-corrected chi connectivity index (χ4v) is 3.54. The van der Waals surface area contributed by atoms with Crippen LogP contribution >= 0.6 is 0 Å². The van der Waals surface area contributed by atoms with E-state index in [9.17, 15) is 28.8 Å². The molecule has 0 saturated heterocycles. The fraction of sp³-hybridized carbons (Fsp3) is 0.250. The number of carbonyl (C=O) groups excluding carboxylic acids is 6. The van der Waals surface area contributed by atoms with Crippen molar-refractivity contribution >= 4 is 35.8 Å². The Balaban J connectivity index is 3.48. The quantitative estimate of drug-likeness (QED) is 0.401. The molecule has 0 aromatic heterocycles. The number of esters is 6. The molecule has 2 aromatic carbocycles. The van der Waals surface area contributed by atoms with Crippen molar-refractivity contribution < 1.29 is 57.2 Å². The second-order valence-corrected chi connectivity index (χ2v) is 6.75. The number of rotatable bonds is 7. The third-order valence-electron chi connectivity index (χ3n) is 5.05. The van der Waals surface area contributed by atoms with Gasteiger partial charge >= 0.3 is 35.8 Å². The maximum Gasteiger partial charge on any atom is 0.339 e. The van der Waals surface area contributed by atoms with Gasteiger partial charge in [0.05, 0.1) is 76.0 Å². The summed E-state index contributed by atoms with van der Waals surface area (Å²) in [6.07, 6.45) is 0. The first-order valence-corrected chi connectivity index (χ1v) is 9.98. The third kappa shape index (κ3) is 4.73. The molecule has 0 radical (unpaired) electrons. The highest BCUT2D eigenvalue weighted by molar-refractivity contribution is 6.23. The summed E-state index contributed by atoms with van der Waals surface area (Å²) in [4.78, 5) is 77.6. The van der Waals surface area contributed by atoms with Gasteiger partial charge in [-0.3, -0.25) is 0 Å². The van der Waals surface area contributed by atoms with E-state index in [0.717, 1.165) is 42.7 Å². The SMILES string of the molecule is COC(=O)c1ccccc1-c1c(C(=O)OC)c(C(=O)OC)c(C(=O)OC)c(C(=O)OC)c1C(=O)OC. The highest BCUT2D eigenvalue weighted by Crippen LogP contribution is 2.39. The predicted octanol–water partition coefficient (Wildman–Crippen LogP) is 2.07. The molecular weight excluding hydrogens is 480 g/mol. The molecule has 0 spiro atoms. The van der Waals surface area contributed by atoms with Crippen molar-refractivity contribution in [3.8, 4) is 11.1 Å². The predicted molar refractivity (Wildman–Crippen MR) is 120 cm³/mol. The van der Waals surface area contributed by atoms with Gasteiger partial charge in [0.1, 0.15) is 0 Å². The smallest absolute Gasteiger partial charge is 0.339 e. The van der Waals surface area contributed by atoms with Crippen molar-refractivity contribution in [2.24, 2.45) is 0 Å². The van der Waals surface area contributed by atoms with Gasteiger partial charge in [0.25, 0.3) is 0 Å². The molecule has 2 rings (SSSR count). The Morgan fingerprint density at radius 1 is 0.444 bits per heavy atom. The van der Waals surface area contributed by atoms with Gasteiger partial charge in [-0.2, -0.15) is 0 Å². The summed E-state index contributed by atoms with van der Waals surface area (Å²) in [5.41, 5.74) is -4.41. The zero-order valence-electron chi connectivity index (χ0n) is 20.2. The zero-order valence-corrected chi connectivity index (χ0v) is 20.2.